The summed E-state index contributed by atoms with van der Waals surface area (Å²) in [6, 6.07) is 9.84. The van der Waals surface area contributed by atoms with Crippen molar-refractivity contribution in [3.8, 4) is 0 Å². The normalized spacial score (nSPS) is 21.4. The first-order chi connectivity index (χ1) is 18.1. The molecule has 1 heterocycles. The zero-order chi connectivity index (χ0) is 27.3. The van der Waals surface area contributed by atoms with Crippen LogP contribution in [-0.2, 0) is 22.4 Å². The Labute approximate surface area is 222 Å². The van der Waals surface area contributed by atoms with Crippen molar-refractivity contribution >= 4 is 23.2 Å². The molecule has 202 valence electrons. The van der Waals surface area contributed by atoms with Crippen LogP contribution in [0.1, 0.15) is 98.5 Å². The molecule has 1 saturated carbocycles. The largest absolute Gasteiger partial charge is 0.511 e. The Hall–Kier alpha value is -3.55. The topological polar surface area (TPSA) is 130 Å². The molecule has 2 aliphatic rings. The molecule has 1 aromatic carbocycles. The van der Waals surface area contributed by atoms with E-state index in [1.54, 1.807) is 0 Å². The molecule has 2 aromatic rings. The molecule has 8 nitrogen and oxygen atoms in total. The van der Waals surface area contributed by atoms with E-state index in [9.17, 15) is 19.5 Å². The number of rotatable bonds is 10. The van der Waals surface area contributed by atoms with Crippen LogP contribution < -0.4 is 0 Å². The van der Waals surface area contributed by atoms with Gasteiger partial charge in [0.2, 0.25) is 0 Å². The fourth-order valence-corrected chi connectivity index (χ4v) is 5.46. The summed E-state index contributed by atoms with van der Waals surface area (Å²) < 4.78 is 5.48. The minimum atomic E-state index is -0.811. The van der Waals surface area contributed by atoms with Gasteiger partial charge in [-0.05, 0) is 36.2 Å². The van der Waals surface area contributed by atoms with Crippen LogP contribution in [0.5, 0.6) is 0 Å². The van der Waals surface area contributed by atoms with Crippen LogP contribution in [0.4, 0.5) is 0 Å². The van der Waals surface area contributed by atoms with Gasteiger partial charge in [-0.1, -0.05) is 55.8 Å². The molecule has 1 unspecified atom stereocenters. The molecule has 0 spiro atoms. The number of carboxylic acids is 1. The number of hydrogen-bond donors (Lipinski definition) is 2. The minimum absolute atomic E-state index is 0.00392. The Balaban J connectivity index is 1.52. The molecule has 1 atom stereocenters. The van der Waals surface area contributed by atoms with E-state index < -0.39 is 5.97 Å². The summed E-state index contributed by atoms with van der Waals surface area (Å²) in [5.41, 5.74) is 2.79. The number of nitrogens with zero attached hydrogens (tertiary/aromatic N) is 2. The standard InChI is InChI=1S/C30H36N2O6/c1-30(2)17-25(35)29-21(32-38-26(29)18-30)12-13-23(33)28-22(31-14-8-4-7-11-27(36)37)15-20(16-24(28)34)19-9-5-3-6-10-19/h3,5-6,9-10,20,33H,4,7-8,11-18H2,1-2H3,(H,36,37). The summed E-state index contributed by atoms with van der Waals surface area (Å²) in [6.45, 7) is 4.51. The van der Waals surface area contributed by atoms with Crippen molar-refractivity contribution in [3.63, 3.8) is 0 Å². The summed E-state index contributed by atoms with van der Waals surface area (Å²) in [6.07, 6.45) is 4.47. The van der Waals surface area contributed by atoms with Gasteiger partial charge in [0.05, 0.1) is 16.8 Å². The maximum atomic E-state index is 13.3. The summed E-state index contributed by atoms with van der Waals surface area (Å²) in [7, 11) is 0. The Bertz CT molecular complexity index is 1250. The molecule has 2 aliphatic carbocycles. The third-order valence-electron chi connectivity index (χ3n) is 7.34. The fourth-order valence-electron chi connectivity index (χ4n) is 5.46. The molecular weight excluding hydrogens is 484 g/mol. The van der Waals surface area contributed by atoms with E-state index in [0.717, 1.165) is 12.0 Å². The number of allylic oxidation sites excluding steroid dienone is 2. The van der Waals surface area contributed by atoms with E-state index in [1.807, 2.05) is 44.2 Å². The monoisotopic (exact) mass is 520 g/mol. The number of carbonyl (C=O) groups excluding carboxylic acids is 2. The van der Waals surface area contributed by atoms with Crippen LogP contribution >= 0.6 is 0 Å². The molecule has 0 saturated heterocycles. The number of aliphatic hydroxyl groups is 1. The molecule has 0 amide bonds. The van der Waals surface area contributed by atoms with Crippen LogP contribution in [0.2, 0.25) is 0 Å². The SMILES string of the molecule is CC1(C)CC(=O)c2c(CCC(O)=C3C(=O)CC(c4ccccc4)CC3=NCCCCCC(=O)O)noc2C1. The molecule has 2 N–H and O–H groups in total. The number of carboxylic acid groups (broad SMARTS) is 1. The summed E-state index contributed by atoms with van der Waals surface area (Å²) in [5, 5.41) is 24.0. The summed E-state index contributed by atoms with van der Waals surface area (Å²) in [4.78, 5) is 41.5. The van der Waals surface area contributed by atoms with E-state index >= 15 is 0 Å². The molecule has 1 aromatic heterocycles. The van der Waals surface area contributed by atoms with Crippen LogP contribution in [0, 0.1) is 5.41 Å². The number of aliphatic imine (C=N–C) groups is 1. The number of unbranched alkanes of at least 4 members (excludes halogenated alkanes) is 2. The third-order valence-corrected chi connectivity index (χ3v) is 7.34. The van der Waals surface area contributed by atoms with Crippen molar-refractivity contribution in [2.45, 2.75) is 84.0 Å². The lowest BCUT2D eigenvalue weighted by Gasteiger charge is -2.27. The quantitative estimate of drug-likeness (QED) is 0.230. The molecule has 0 radical (unpaired) electrons. The average molecular weight is 521 g/mol. The molecule has 38 heavy (non-hydrogen) atoms. The van der Waals surface area contributed by atoms with Gasteiger partial charge in [0.15, 0.2) is 11.6 Å². The van der Waals surface area contributed by atoms with Crippen molar-refractivity contribution in [2.24, 2.45) is 10.4 Å². The number of benzene rings is 1. The second kappa shape index (κ2) is 11.9. The molecule has 4 rings (SSSR count). The van der Waals surface area contributed by atoms with E-state index in [1.165, 1.54) is 0 Å². The van der Waals surface area contributed by atoms with Gasteiger partial charge < -0.3 is 14.7 Å². The highest BCUT2D eigenvalue weighted by molar-refractivity contribution is 6.24. The van der Waals surface area contributed by atoms with Gasteiger partial charge in [-0.2, -0.15) is 0 Å². The van der Waals surface area contributed by atoms with Crippen LogP contribution in [0.15, 0.2) is 51.2 Å². The first-order valence-electron chi connectivity index (χ1n) is 13.4. The zero-order valence-corrected chi connectivity index (χ0v) is 22.2. The molecule has 0 aliphatic heterocycles. The van der Waals surface area contributed by atoms with Gasteiger partial charge in [-0.3, -0.25) is 19.4 Å². The van der Waals surface area contributed by atoms with Gasteiger partial charge >= 0.3 is 5.97 Å². The zero-order valence-electron chi connectivity index (χ0n) is 22.2. The number of aromatic nitrogens is 1. The number of aryl methyl sites for hydroxylation is 1. The van der Waals surface area contributed by atoms with Gasteiger partial charge in [0.1, 0.15) is 11.5 Å². The lowest BCUT2D eigenvalue weighted by Crippen LogP contribution is -2.27. The number of hydrogen-bond acceptors (Lipinski definition) is 7. The predicted octanol–water partition coefficient (Wildman–Crippen LogP) is 5.81. The average Bonchev–Trinajstić information content (AvgIpc) is 3.26. The minimum Gasteiger partial charge on any atom is -0.511 e. The predicted molar refractivity (Wildman–Crippen MR) is 143 cm³/mol. The molecular formula is C30H36N2O6. The third kappa shape index (κ3) is 6.65. The van der Waals surface area contributed by atoms with Crippen LogP contribution in [0.3, 0.4) is 0 Å². The number of Topliss-reactive ketones (excluding diaryl/α,β-unsaturated/α-hetero) is 2. The van der Waals surface area contributed by atoms with Gasteiger partial charge in [0.25, 0.3) is 0 Å². The number of aliphatic carboxylic acids is 1. The lowest BCUT2D eigenvalue weighted by molar-refractivity contribution is -0.137. The maximum absolute atomic E-state index is 13.3. The second-order valence-corrected chi connectivity index (χ2v) is 11.2. The highest BCUT2D eigenvalue weighted by Gasteiger charge is 2.37. The number of fused-ring (bicyclic) bond motifs is 1. The van der Waals surface area contributed by atoms with Crippen molar-refractivity contribution in [1.82, 2.24) is 5.16 Å². The van der Waals surface area contributed by atoms with E-state index in [-0.39, 0.29) is 59.9 Å². The van der Waals surface area contributed by atoms with E-state index in [2.05, 4.69) is 5.16 Å². The Morgan fingerprint density at radius 3 is 2.53 bits per heavy atom. The van der Waals surface area contributed by atoms with Gasteiger partial charge in [0, 0.05) is 50.8 Å². The number of ketones is 2. The van der Waals surface area contributed by atoms with Crippen molar-refractivity contribution < 1.29 is 29.1 Å². The smallest absolute Gasteiger partial charge is 0.303 e. The van der Waals surface area contributed by atoms with Crippen molar-refractivity contribution in [3.05, 3.63) is 64.2 Å². The van der Waals surface area contributed by atoms with Crippen LogP contribution in [0.25, 0.3) is 0 Å². The van der Waals surface area contributed by atoms with Gasteiger partial charge in [-0.15, -0.1) is 0 Å². The Kier molecular flexibility index (Phi) is 8.59. The van der Waals surface area contributed by atoms with E-state index in [0.29, 0.717) is 61.4 Å². The van der Waals surface area contributed by atoms with Crippen molar-refractivity contribution in [2.75, 3.05) is 6.54 Å². The fraction of sp³-hybridized carbons (Fsp3) is 0.500. The first kappa shape index (κ1) is 27.5. The number of aliphatic hydroxyl groups excluding tert-OH is 1. The molecule has 1 fully saturated rings. The molecule has 8 heteroatoms. The Morgan fingerprint density at radius 2 is 1.79 bits per heavy atom. The summed E-state index contributed by atoms with van der Waals surface area (Å²) in [5.74, 6) is -0.413. The first-order valence-corrected chi connectivity index (χ1v) is 13.4. The second-order valence-electron chi connectivity index (χ2n) is 11.2. The summed E-state index contributed by atoms with van der Waals surface area (Å²) >= 11 is 0. The highest BCUT2D eigenvalue weighted by atomic mass is 16.5. The number of carbonyl (C=O) groups is 3. The molecule has 0 bridgehead atoms. The van der Waals surface area contributed by atoms with Gasteiger partial charge in [-0.25, -0.2) is 0 Å². The lowest BCUT2D eigenvalue weighted by atomic mass is 9.76. The van der Waals surface area contributed by atoms with Crippen LogP contribution in [-0.4, -0.2) is 45.2 Å². The highest BCUT2D eigenvalue weighted by Crippen LogP contribution is 2.37. The maximum Gasteiger partial charge on any atom is 0.303 e. The Morgan fingerprint density at radius 1 is 1.03 bits per heavy atom. The van der Waals surface area contributed by atoms with Crippen molar-refractivity contribution in [1.29, 1.82) is 0 Å². The van der Waals surface area contributed by atoms with E-state index in [4.69, 9.17) is 14.6 Å².